The molecular weight excluding hydrogens is 218 g/mol. The third kappa shape index (κ3) is 4.95. The quantitative estimate of drug-likeness (QED) is 0.665. The molecule has 96 valence electrons. The molecule has 0 aromatic carbocycles. The molecule has 0 atom stereocenters. The van der Waals surface area contributed by atoms with Crippen molar-refractivity contribution in [2.24, 2.45) is 5.92 Å². The van der Waals surface area contributed by atoms with Crippen molar-refractivity contribution in [3.8, 4) is 0 Å². The Morgan fingerprint density at radius 1 is 1.53 bits per heavy atom. The van der Waals surface area contributed by atoms with Crippen molar-refractivity contribution in [1.29, 1.82) is 0 Å². The minimum absolute atomic E-state index is 0.000624. The SMILES string of the molecule is CNCCCn1cc(CNC(=O)C(C)C)nn1. The molecule has 6 heteroatoms. The molecule has 1 amide bonds. The second-order valence-corrected chi connectivity index (χ2v) is 4.30. The highest BCUT2D eigenvalue weighted by molar-refractivity contribution is 5.77. The van der Waals surface area contributed by atoms with E-state index in [4.69, 9.17) is 0 Å². The van der Waals surface area contributed by atoms with Crippen molar-refractivity contribution in [3.05, 3.63) is 11.9 Å². The predicted octanol–water partition coefficient (Wildman–Crippen LogP) is 0.160. The van der Waals surface area contributed by atoms with Crippen LogP contribution >= 0.6 is 0 Å². The van der Waals surface area contributed by atoms with E-state index in [9.17, 15) is 4.79 Å². The summed E-state index contributed by atoms with van der Waals surface area (Å²) in [4.78, 5) is 11.4. The van der Waals surface area contributed by atoms with Crippen LogP contribution in [0.1, 0.15) is 26.0 Å². The average Bonchev–Trinajstić information content (AvgIpc) is 2.74. The molecule has 0 saturated carbocycles. The first-order valence-corrected chi connectivity index (χ1v) is 5.94. The zero-order valence-corrected chi connectivity index (χ0v) is 10.7. The summed E-state index contributed by atoms with van der Waals surface area (Å²) in [5.74, 6) is 0.0374. The first kappa shape index (κ1) is 13.6. The molecule has 0 aliphatic rings. The largest absolute Gasteiger partial charge is 0.350 e. The van der Waals surface area contributed by atoms with Crippen molar-refractivity contribution in [3.63, 3.8) is 0 Å². The van der Waals surface area contributed by atoms with Gasteiger partial charge in [-0.1, -0.05) is 19.1 Å². The van der Waals surface area contributed by atoms with Gasteiger partial charge in [-0.3, -0.25) is 9.48 Å². The Morgan fingerprint density at radius 2 is 2.29 bits per heavy atom. The fourth-order valence-corrected chi connectivity index (χ4v) is 1.33. The van der Waals surface area contributed by atoms with Gasteiger partial charge in [0.15, 0.2) is 0 Å². The number of carbonyl (C=O) groups is 1. The number of nitrogens with one attached hydrogen (secondary N) is 2. The molecule has 1 aromatic heterocycles. The number of rotatable bonds is 7. The number of amides is 1. The van der Waals surface area contributed by atoms with E-state index in [1.54, 1.807) is 4.68 Å². The fraction of sp³-hybridized carbons (Fsp3) is 0.727. The summed E-state index contributed by atoms with van der Waals surface area (Å²) in [6.45, 7) is 5.97. The lowest BCUT2D eigenvalue weighted by Gasteiger charge is -2.04. The van der Waals surface area contributed by atoms with E-state index in [2.05, 4.69) is 20.9 Å². The number of carbonyl (C=O) groups excluding carboxylic acids is 1. The fourth-order valence-electron chi connectivity index (χ4n) is 1.33. The second kappa shape index (κ2) is 7.01. The molecule has 0 bridgehead atoms. The predicted molar refractivity (Wildman–Crippen MR) is 65.3 cm³/mol. The van der Waals surface area contributed by atoms with Crippen molar-refractivity contribution >= 4 is 5.91 Å². The summed E-state index contributed by atoms with van der Waals surface area (Å²) in [6.07, 6.45) is 2.88. The zero-order valence-electron chi connectivity index (χ0n) is 10.7. The van der Waals surface area contributed by atoms with Crippen LogP contribution in [0, 0.1) is 5.92 Å². The van der Waals surface area contributed by atoms with E-state index in [0.29, 0.717) is 6.54 Å². The van der Waals surface area contributed by atoms with Gasteiger partial charge >= 0.3 is 0 Å². The van der Waals surface area contributed by atoms with Crippen molar-refractivity contribution in [2.45, 2.75) is 33.4 Å². The smallest absolute Gasteiger partial charge is 0.222 e. The van der Waals surface area contributed by atoms with E-state index in [-0.39, 0.29) is 11.8 Å². The summed E-state index contributed by atoms with van der Waals surface area (Å²) in [5.41, 5.74) is 0.795. The molecule has 0 unspecified atom stereocenters. The third-order valence-electron chi connectivity index (χ3n) is 2.37. The van der Waals surface area contributed by atoms with Crippen LogP contribution in [0.5, 0.6) is 0 Å². The summed E-state index contributed by atoms with van der Waals surface area (Å²) in [6, 6.07) is 0. The number of hydrogen-bond acceptors (Lipinski definition) is 4. The zero-order chi connectivity index (χ0) is 12.7. The van der Waals surface area contributed by atoms with Crippen LogP contribution in [-0.4, -0.2) is 34.5 Å². The number of aryl methyl sites for hydroxylation is 1. The van der Waals surface area contributed by atoms with E-state index < -0.39 is 0 Å². The number of nitrogens with zero attached hydrogens (tertiary/aromatic N) is 3. The molecule has 0 aliphatic carbocycles. The Morgan fingerprint density at radius 3 is 2.94 bits per heavy atom. The first-order valence-electron chi connectivity index (χ1n) is 5.94. The number of aromatic nitrogens is 3. The summed E-state index contributed by atoms with van der Waals surface area (Å²) < 4.78 is 1.80. The standard InChI is InChI=1S/C11H21N5O/c1-9(2)11(17)13-7-10-8-16(15-14-10)6-4-5-12-3/h8-9,12H,4-7H2,1-3H3,(H,13,17). The highest BCUT2D eigenvalue weighted by Crippen LogP contribution is 1.96. The Labute approximate surface area is 102 Å². The normalized spacial score (nSPS) is 10.8. The van der Waals surface area contributed by atoms with Gasteiger partial charge in [-0.15, -0.1) is 5.10 Å². The van der Waals surface area contributed by atoms with Crippen LogP contribution in [0.3, 0.4) is 0 Å². The van der Waals surface area contributed by atoms with E-state index in [1.807, 2.05) is 27.1 Å². The van der Waals surface area contributed by atoms with Gasteiger partial charge in [0.2, 0.25) is 5.91 Å². The Bertz CT molecular complexity index is 347. The molecule has 1 rings (SSSR count). The molecule has 0 spiro atoms. The lowest BCUT2D eigenvalue weighted by atomic mass is 10.2. The molecule has 17 heavy (non-hydrogen) atoms. The molecule has 1 aromatic rings. The Hall–Kier alpha value is -1.43. The van der Waals surface area contributed by atoms with Crippen LogP contribution < -0.4 is 10.6 Å². The summed E-state index contributed by atoms with van der Waals surface area (Å²) in [7, 11) is 1.92. The lowest BCUT2D eigenvalue weighted by Crippen LogP contribution is -2.27. The molecule has 0 saturated heterocycles. The van der Waals surface area contributed by atoms with Gasteiger partial charge in [-0.2, -0.15) is 0 Å². The maximum Gasteiger partial charge on any atom is 0.222 e. The third-order valence-corrected chi connectivity index (χ3v) is 2.37. The molecule has 2 N–H and O–H groups in total. The Balaban J connectivity index is 2.33. The van der Waals surface area contributed by atoms with Crippen LogP contribution in [0.15, 0.2) is 6.20 Å². The van der Waals surface area contributed by atoms with Crippen molar-refractivity contribution < 1.29 is 4.79 Å². The minimum Gasteiger partial charge on any atom is -0.350 e. The van der Waals surface area contributed by atoms with Gasteiger partial charge < -0.3 is 10.6 Å². The van der Waals surface area contributed by atoms with Gasteiger partial charge in [0.05, 0.1) is 12.7 Å². The Kier molecular flexibility index (Phi) is 5.62. The molecule has 1 heterocycles. The lowest BCUT2D eigenvalue weighted by molar-refractivity contribution is -0.124. The van der Waals surface area contributed by atoms with Crippen molar-refractivity contribution in [1.82, 2.24) is 25.6 Å². The van der Waals surface area contributed by atoms with E-state index in [0.717, 1.165) is 25.2 Å². The molecule has 0 aliphatic heterocycles. The maximum absolute atomic E-state index is 11.4. The van der Waals surface area contributed by atoms with Gasteiger partial charge in [-0.25, -0.2) is 0 Å². The van der Waals surface area contributed by atoms with E-state index >= 15 is 0 Å². The van der Waals surface area contributed by atoms with Crippen LogP contribution in [0.4, 0.5) is 0 Å². The van der Waals surface area contributed by atoms with Gasteiger partial charge in [-0.05, 0) is 20.0 Å². The highest BCUT2D eigenvalue weighted by Gasteiger charge is 2.07. The van der Waals surface area contributed by atoms with Crippen LogP contribution in [0.2, 0.25) is 0 Å². The summed E-state index contributed by atoms with van der Waals surface area (Å²) >= 11 is 0. The molecule has 0 radical (unpaired) electrons. The highest BCUT2D eigenvalue weighted by atomic mass is 16.1. The van der Waals surface area contributed by atoms with E-state index in [1.165, 1.54) is 0 Å². The van der Waals surface area contributed by atoms with Gasteiger partial charge in [0.25, 0.3) is 0 Å². The molecular formula is C11H21N5O. The van der Waals surface area contributed by atoms with Crippen LogP contribution in [0.25, 0.3) is 0 Å². The maximum atomic E-state index is 11.4. The monoisotopic (exact) mass is 239 g/mol. The summed E-state index contributed by atoms with van der Waals surface area (Å²) in [5, 5.41) is 13.9. The molecule has 6 nitrogen and oxygen atoms in total. The second-order valence-electron chi connectivity index (χ2n) is 4.30. The molecule has 0 fully saturated rings. The minimum atomic E-state index is 0.000624. The van der Waals surface area contributed by atoms with Crippen LogP contribution in [-0.2, 0) is 17.9 Å². The average molecular weight is 239 g/mol. The van der Waals surface area contributed by atoms with Gasteiger partial charge in [0.1, 0.15) is 5.69 Å². The first-order chi connectivity index (χ1) is 8.13. The number of hydrogen-bond donors (Lipinski definition) is 2. The topological polar surface area (TPSA) is 71.8 Å². The van der Waals surface area contributed by atoms with Gasteiger partial charge in [0, 0.05) is 12.5 Å². The van der Waals surface area contributed by atoms with Crippen molar-refractivity contribution in [2.75, 3.05) is 13.6 Å².